The molecule has 12 N–H and O–H groups in total. The maximum atomic E-state index is 13.3. The Morgan fingerprint density at radius 2 is 1.57 bits per heavy atom. The van der Waals surface area contributed by atoms with E-state index in [9.17, 15) is 43.8 Å². The van der Waals surface area contributed by atoms with Crippen LogP contribution < -0.4 is 33.2 Å². The number of esters is 1. The molecule has 1 heterocycles. The van der Waals surface area contributed by atoms with Crippen molar-refractivity contribution in [3.63, 3.8) is 0 Å². The lowest BCUT2D eigenvalue weighted by molar-refractivity contribution is -0.148. The summed E-state index contributed by atoms with van der Waals surface area (Å²) < 4.78 is 4.73. The maximum Gasteiger partial charge on any atom is 0.328 e. The summed E-state index contributed by atoms with van der Waals surface area (Å²) in [5.74, 6) is -7.65. The summed E-state index contributed by atoms with van der Waals surface area (Å²) in [5, 5.41) is 34.4. The molecule has 5 atom stereocenters. The van der Waals surface area contributed by atoms with Gasteiger partial charge in [-0.15, -0.1) is 0 Å². The van der Waals surface area contributed by atoms with Crippen molar-refractivity contribution in [2.75, 3.05) is 26.8 Å². The van der Waals surface area contributed by atoms with Gasteiger partial charge in [0.1, 0.15) is 24.2 Å². The van der Waals surface area contributed by atoms with E-state index >= 15 is 0 Å². The first-order valence-electron chi connectivity index (χ1n) is 12.9. The summed E-state index contributed by atoms with van der Waals surface area (Å²) in [6.07, 6.45) is -0.738. The summed E-state index contributed by atoms with van der Waals surface area (Å²) in [6.45, 7) is -0.782. The highest BCUT2D eigenvalue weighted by atomic mass is 16.5. The highest BCUT2D eigenvalue weighted by Crippen LogP contribution is 2.20. The summed E-state index contributed by atoms with van der Waals surface area (Å²) in [6, 6.07) is -7.16. The Bertz CT molecular complexity index is 1050. The monoisotopic (exact) mass is 602 g/mol. The minimum Gasteiger partial charge on any atom is -0.481 e. The summed E-state index contributed by atoms with van der Waals surface area (Å²) in [7, 11) is 1.13. The number of amides is 4. The molecule has 19 heteroatoms. The Balaban J connectivity index is 3.01. The molecule has 19 nitrogen and oxygen atoms in total. The van der Waals surface area contributed by atoms with E-state index in [0.717, 1.165) is 12.0 Å². The van der Waals surface area contributed by atoms with Gasteiger partial charge in [0.05, 0.1) is 32.6 Å². The molecule has 0 aromatic heterocycles. The van der Waals surface area contributed by atoms with Gasteiger partial charge in [0.25, 0.3) is 0 Å². The number of nitrogens with one attached hydrogen (secondary N) is 3. The standard InChI is InChI=1S/C23H38N8O11/c1-42-22(41)12(4-2-6-27-23(25)26)28-20(39)15-5-3-7-31(15)21(40)13(9-17(35)36)29-19(38)14(10-32)30-18(37)11(24)8-16(33)34/h11-15,32H,2-10,24H2,1H3,(H,28,39)(H,29,38)(H,30,37)(H,33,34)(H,35,36)(H4,25,26,27). The second-order valence-electron chi connectivity index (χ2n) is 9.33. The largest absolute Gasteiger partial charge is 0.481 e. The fraction of sp³-hybridized carbons (Fsp3) is 0.652. The lowest BCUT2D eigenvalue weighted by Gasteiger charge is -2.30. The van der Waals surface area contributed by atoms with E-state index in [4.69, 9.17) is 27.0 Å². The van der Waals surface area contributed by atoms with Crippen LogP contribution in [0.4, 0.5) is 0 Å². The summed E-state index contributed by atoms with van der Waals surface area (Å²) in [4.78, 5) is 90.6. The number of carboxylic acids is 2. The Kier molecular flexibility index (Phi) is 14.6. The van der Waals surface area contributed by atoms with E-state index in [1.807, 2.05) is 5.32 Å². The molecule has 0 saturated carbocycles. The molecular formula is C23H38N8O11. The van der Waals surface area contributed by atoms with E-state index in [-0.39, 0.29) is 31.9 Å². The second kappa shape index (κ2) is 17.3. The van der Waals surface area contributed by atoms with Crippen LogP contribution in [0, 0.1) is 0 Å². The van der Waals surface area contributed by atoms with Crippen LogP contribution in [0.15, 0.2) is 4.99 Å². The van der Waals surface area contributed by atoms with Gasteiger partial charge in [0, 0.05) is 13.1 Å². The lowest BCUT2D eigenvalue weighted by atomic mass is 10.1. The molecule has 0 aromatic carbocycles. The van der Waals surface area contributed by atoms with Crippen LogP contribution in [-0.2, 0) is 38.3 Å². The number of carbonyl (C=O) groups is 7. The molecular weight excluding hydrogens is 564 g/mol. The molecule has 0 aliphatic carbocycles. The molecule has 1 saturated heterocycles. The van der Waals surface area contributed by atoms with E-state index in [0.29, 0.717) is 12.8 Å². The van der Waals surface area contributed by atoms with Crippen molar-refractivity contribution < 1.29 is 53.6 Å². The van der Waals surface area contributed by atoms with Crippen LogP contribution in [0.5, 0.6) is 0 Å². The second-order valence-corrected chi connectivity index (χ2v) is 9.33. The van der Waals surface area contributed by atoms with Gasteiger partial charge in [-0.1, -0.05) is 0 Å². The normalized spacial score (nSPS) is 17.1. The first-order chi connectivity index (χ1) is 19.7. The smallest absolute Gasteiger partial charge is 0.328 e. The molecule has 4 amide bonds. The zero-order valence-electron chi connectivity index (χ0n) is 23.0. The van der Waals surface area contributed by atoms with Crippen molar-refractivity contribution in [2.45, 2.75) is 68.7 Å². The molecule has 42 heavy (non-hydrogen) atoms. The Labute approximate surface area is 240 Å². The molecule has 1 aliphatic heterocycles. The Hall–Kier alpha value is -4.52. The Morgan fingerprint density at radius 3 is 2.12 bits per heavy atom. The molecule has 0 aromatic rings. The Morgan fingerprint density at radius 1 is 0.952 bits per heavy atom. The van der Waals surface area contributed by atoms with Crippen molar-refractivity contribution >= 4 is 47.5 Å². The number of hydrogen-bond donors (Lipinski definition) is 9. The topological polar surface area (TPSA) is 319 Å². The molecule has 0 spiro atoms. The van der Waals surface area contributed by atoms with Gasteiger partial charge in [-0.25, -0.2) is 4.79 Å². The third-order valence-corrected chi connectivity index (χ3v) is 6.13. The number of ether oxygens (including phenoxy) is 1. The minimum atomic E-state index is -1.71. The predicted octanol–water partition coefficient (Wildman–Crippen LogP) is -5.07. The first-order valence-corrected chi connectivity index (χ1v) is 12.9. The van der Waals surface area contributed by atoms with Gasteiger partial charge in [0.15, 0.2) is 5.96 Å². The first kappa shape index (κ1) is 35.5. The summed E-state index contributed by atoms with van der Waals surface area (Å²) in [5.41, 5.74) is 16.0. The van der Waals surface area contributed by atoms with Crippen molar-refractivity contribution in [3.8, 4) is 0 Å². The maximum absolute atomic E-state index is 13.3. The van der Waals surface area contributed by atoms with E-state index in [1.165, 1.54) is 0 Å². The van der Waals surface area contributed by atoms with Crippen molar-refractivity contribution in [2.24, 2.45) is 22.2 Å². The van der Waals surface area contributed by atoms with Crippen LogP contribution in [0.3, 0.4) is 0 Å². The van der Waals surface area contributed by atoms with Gasteiger partial charge in [-0.2, -0.15) is 0 Å². The average Bonchev–Trinajstić information content (AvgIpc) is 3.41. The molecule has 236 valence electrons. The van der Waals surface area contributed by atoms with Gasteiger partial charge in [-0.3, -0.25) is 33.8 Å². The number of rotatable bonds is 17. The highest BCUT2D eigenvalue weighted by molar-refractivity contribution is 5.97. The third-order valence-electron chi connectivity index (χ3n) is 6.13. The summed E-state index contributed by atoms with van der Waals surface area (Å²) >= 11 is 0. The zero-order chi connectivity index (χ0) is 32.0. The van der Waals surface area contributed by atoms with Gasteiger partial charge in [-0.05, 0) is 25.7 Å². The number of aliphatic hydroxyl groups is 1. The quantitative estimate of drug-likeness (QED) is 0.0326. The van der Waals surface area contributed by atoms with Crippen molar-refractivity contribution in [1.29, 1.82) is 0 Å². The van der Waals surface area contributed by atoms with Crippen LogP contribution in [0.25, 0.3) is 0 Å². The van der Waals surface area contributed by atoms with E-state index in [1.54, 1.807) is 0 Å². The number of carbonyl (C=O) groups excluding carboxylic acids is 5. The molecule has 1 aliphatic rings. The third kappa shape index (κ3) is 11.5. The number of aliphatic carboxylic acids is 2. The molecule has 1 fully saturated rings. The number of aliphatic imine (C=N–C) groups is 1. The van der Waals surface area contributed by atoms with E-state index in [2.05, 4.69) is 15.6 Å². The molecule has 5 unspecified atom stereocenters. The zero-order valence-corrected chi connectivity index (χ0v) is 23.0. The number of nitrogens with two attached hydrogens (primary N) is 3. The van der Waals surface area contributed by atoms with Crippen LogP contribution in [-0.4, -0.2) is 125 Å². The van der Waals surface area contributed by atoms with Crippen molar-refractivity contribution in [1.82, 2.24) is 20.9 Å². The van der Waals surface area contributed by atoms with Crippen molar-refractivity contribution in [3.05, 3.63) is 0 Å². The number of aliphatic hydroxyl groups excluding tert-OH is 1. The molecule has 1 rings (SSSR count). The van der Waals surface area contributed by atoms with Crippen LogP contribution in [0.2, 0.25) is 0 Å². The van der Waals surface area contributed by atoms with Crippen LogP contribution in [0.1, 0.15) is 38.5 Å². The number of hydrogen-bond acceptors (Lipinski definition) is 11. The fourth-order valence-corrected chi connectivity index (χ4v) is 4.07. The molecule has 0 bridgehead atoms. The lowest BCUT2D eigenvalue weighted by Crippen LogP contribution is -2.59. The highest BCUT2D eigenvalue weighted by Gasteiger charge is 2.40. The van der Waals surface area contributed by atoms with E-state index < -0.39 is 91.2 Å². The SMILES string of the molecule is COC(=O)C(CCCN=C(N)N)NC(=O)C1CCCN1C(=O)C(CC(=O)O)NC(=O)C(CO)NC(=O)C(N)CC(=O)O. The van der Waals surface area contributed by atoms with Gasteiger partial charge < -0.3 is 58.1 Å². The fourth-order valence-electron chi connectivity index (χ4n) is 4.07. The number of nitrogens with zero attached hydrogens (tertiary/aromatic N) is 2. The van der Waals surface area contributed by atoms with Crippen LogP contribution >= 0.6 is 0 Å². The number of guanidine groups is 1. The van der Waals surface area contributed by atoms with Gasteiger partial charge >= 0.3 is 17.9 Å². The average molecular weight is 603 g/mol. The minimum absolute atomic E-state index is 0.0283. The number of methoxy groups -OCH3 is 1. The van der Waals surface area contributed by atoms with Gasteiger partial charge in [0.2, 0.25) is 23.6 Å². The predicted molar refractivity (Wildman–Crippen MR) is 142 cm³/mol. The molecule has 0 radical (unpaired) electrons. The number of likely N-dealkylation sites (tertiary alicyclic amines) is 1. The number of carboxylic acid groups (broad SMARTS) is 2.